The summed E-state index contributed by atoms with van der Waals surface area (Å²) in [6, 6.07) is 6.72. The Bertz CT molecular complexity index is 349. The molecule has 0 amide bonds. The number of aromatic hydroxyl groups is 1. The zero-order chi connectivity index (χ0) is 10.6. The van der Waals surface area contributed by atoms with Crippen molar-refractivity contribution in [3.05, 3.63) is 41.5 Å². The number of hydrogen-bond donors (Lipinski definition) is 2. The molecular formula is C11H12O3. The van der Waals surface area contributed by atoms with Gasteiger partial charge in [-0.1, -0.05) is 17.7 Å². The van der Waals surface area contributed by atoms with Gasteiger partial charge in [-0.15, -0.1) is 0 Å². The third-order valence-electron chi connectivity index (χ3n) is 1.79. The van der Waals surface area contributed by atoms with Gasteiger partial charge in [-0.2, -0.15) is 0 Å². The molecule has 2 N–H and O–H groups in total. The lowest BCUT2D eigenvalue weighted by Gasteiger charge is -2.00. The monoisotopic (exact) mass is 192 g/mol. The fourth-order valence-electron chi connectivity index (χ4n) is 1.20. The summed E-state index contributed by atoms with van der Waals surface area (Å²) in [7, 11) is 0. The van der Waals surface area contributed by atoms with E-state index in [1.807, 2.05) is 0 Å². The second-order valence-electron chi connectivity index (χ2n) is 3.17. The second kappa shape index (κ2) is 4.46. The molecule has 0 aliphatic rings. The third kappa shape index (κ3) is 3.31. The SMILES string of the molecule is CC(=CC(=O)O)Cc1ccc(O)cc1. The molecule has 0 heterocycles. The van der Waals surface area contributed by atoms with Crippen LogP contribution in [0.2, 0.25) is 0 Å². The van der Waals surface area contributed by atoms with E-state index >= 15 is 0 Å². The highest BCUT2D eigenvalue weighted by atomic mass is 16.4. The predicted molar refractivity (Wildman–Crippen MR) is 53.2 cm³/mol. The molecule has 0 saturated heterocycles. The largest absolute Gasteiger partial charge is 0.508 e. The van der Waals surface area contributed by atoms with Gasteiger partial charge in [0.05, 0.1) is 0 Å². The summed E-state index contributed by atoms with van der Waals surface area (Å²) in [5.74, 6) is -0.713. The van der Waals surface area contributed by atoms with Gasteiger partial charge in [-0.05, 0) is 31.0 Å². The minimum Gasteiger partial charge on any atom is -0.508 e. The van der Waals surface area contributed by atoms with Crippen molar-refractivity contribution in [2.45, 2.75) is 13.3 Å². The zero-order valence-corrected chi connectivity index (χ0v) is 7.90. The van der Waals surface area contributed by atoms with E-state index in [0.29, 0.717) is 6.42 Å². The molecule has 0 unspecified atom stereocenters. The maximum atomic E-state index is 10.3. The van der Waals surface area contributed by atoms with E-state index in [1.165, 1.54) is 6.08 Å². The summed E-state index contributed by atoms with van der Waals surface area (Å²) < 4.78 is 0. The van der Waals surface area contributed by atoms with Gasteiger partial charge < -0.3 is 10.2 Å². The molecule has 1 aromatic rings. The molecule has 0 saturated carbocycles. The Balaban J connectivity index is 2.69. The lowest BCUT2D eigenvalue weighted by molar-refractivity contribution is -0.131. The third-order valence-corrected chi connectivity index (χ3v) is 1.79. The number of carboxylic acids is 1. The molecule has 1 rings (SSSR count). The van der Waals surface area contributed by atoms with Crippen LogP contribution in [0.1, 0.15) is 12.5 Å². The molecule has 0 aliphatic heterocycles. The van der Waals surface area contributed by atoms with Crippen molar-refractivity contribution in [1.29, 1.82) is 0 Å². The molecule has 3 nitrogen and oxygen atoms in total. The highest BCUT2D eigenvalue weighted by Gasteiger charge is 1.97. The van der Waals surface area contributed by atoms with Gasteiger partial charge in [-0.3, -0.25) is 0 Å². The van der Waals surface area contributed by atoms with Crippen LogP contribution < -0.4 is 0 Å². The first kappa shape index (κ1) is 10.3. The lowest BCUT2D eigenvalue weighted by atomic mass is 10.1. The van der Waals surface area contributed by atoms with Gasteiger partial charge in [0.15, 0.2) is 0 Å². The predicted octanol–water partition coefficient (Wildman–Crippen LogP) is 1.97. The molecule has 0 aromatic heterocycles. The van der Waals surface area contributed by atoms with E-state index in [0.717, 1.165) is 11.1 Å². The van der Waals surface area contributed by atoms with Crippen LogP contribution in [0.4, 0.5) is 0 Å². The summed E-state index contributed by atoms with van der Waals surface area (Å²) in [5, 5.41) is 17.5. The van der Waals surface area contributed by atoms with E-state index < -0.39 is 5.97 Å². The van der Waals surface area contributed by atoms with Gasteiger partial charge >= 0.3 is 5.97 Å². The summed E-state index contributed by atoms with van der Waals surface area (Å²) in [4.78, 5) is 10.3. The summed E-state index contributed by atoms with van der Waals surface area (Å²) in [6.45, 7) is 1.76. The fourth-order valence-corrected chi connectivity index (χ4v) is 1.20. The summed E-state index contributed by atoms with van der Waals surface area (Å²) in [6.07, 6.45) is 1.78. The first-order chi connectivity index (χ1) is 6.58. The first-order valence-corrected chi connectivity index (χ1v) is 4.26. The Morgan fingerprint density at radius 2 is 1.93 bits per heavy atom. The normalized spacial score (nSPS) is 11.4. The van der Waals surface area contributed by atoms with Gasteiger partial charge in [-0.25, -0.2) is 4.79 Å². The van der Waals surface area contributed by atoms with Gasteiger partial charge in [0.1, 0.15) is 5.75 Å². The minimum absolute atomic E-state index is 0.216. The van der Waals surface area contributed by atoms with Crippen molar-refractivity contribution >= 4 is 5.97 Å². The number of carbonyl (C=O) groups is 1. The Morgan fingerprint density at radius 1 is 1.36 bits per heavy atom. The van der Waals surface area contributed by atoms with Crippen molar-refractivity contribution in [2.75, 3.05) is 0 Å². The molecule has 74 valence electrons. The number of phenolic OH excluding ortho intramolecular Hbond substituents is 1. The molecule has 14 heavy (non-hydrogen) atoms. The van der Waals surface area contributed by atoms with Crippen LogP contribution in [0, 0.1) is 0 Å². The molecule has 0 atom stereocenters. The van der Waals surface area contributed by atoms with Crippen molar-refractivity contribution in [2.24, 2.45) is 0 Å². The van der Waals surface area contributed by atoms with Crippen molar-refractivity contribution < 1.29 is 15.0 Å². The molecule has 0 fully saturated rings. The van der Waals surface area contributed by atoms with E-state index in [9.17, 15) is 4.79 Å². The smallest absolute Gasteiger partial charge is 0.328 e. The average molecular weight is 192 g/mol. The highest BCUT2D eigenvalue weighted by molar-refractivity contribution is 5.80. The Morgan fingerprint density at radius 3 is 2.43 bits per heavy atom. The number of rotatable bonds is 3. The Hall–Kier alpha value is -1.77. The second-order valence-corrected chi connectivity index (χ2v) is 3.17. The van der Waals surface area contributed by atoms with Gasteiger partial charge in [0, 0.05) is 6.08 Å². The van der Waals surface area contributed by atoms with Crippen LogP contribution in [0.3, 0.4) is 0 Å². The minimum atomic E-state index is -0.929. The van der Waals surface area contributed by atoms with Gasteiger partial charge in [0.2, 0.25) is 0 Å². The Kier molecular flexibility index (Phi) is 3.29. The number of aliphatic carboxylic acids is 1. The lowest BCUT2D eigenvalue weighted by Crippen LogP contribution is -1.93. The maximum absolute atomic E-state index is 10.3. The zero-order valence-electron chi connectivity index (χ0n) is 7.90. The van der Waals surface area contributed by atoms with Crippen molar-refractivity contribution in [3.8, 4) is 5.75 Å². The molecule has 0 aliphatic carbocycles. The number of carboxylic acid groups (broad SMARTS) is 1. The van der Waals surface area contributed by atoms with Crippen LogP contribution >= 0.6 is 0 Å². The molecule has 0 radical (unpaired) electrons. The highest BCUT2D eigenvalue weighted by Crippen LogP contribution is 2.12. The van der Waals surface area contributed by atoms with E-state index in [2.05, 4.69) is 0 Å². The summed E-state index contributed by atoms with van der Waals surface area (Å²) in [5.41, 5.74) is 1.76. The first-order valence-electron chi connectivity index (χ1n) is 4.26. The van der Waals surface area contributed by atoms with Gasteiger partial charge in [0.25, 0.3) is 0 Å². The van der Waals surface area contributed by atoms with Crippen molar-refractivity contribution in [1.82, 2.24) is 0 Å². The van der Waals surface area contributed by atoms with Crippen LogP contribution in [0.15, 0.2) is 35.9 Å². The topological polar surface area (TPSA) is 57.5 Å². The van der Waals surface area contributed by atoms with Crippen LogP contribution in [-0.4, -0.2) is 16.2 Å². The molecule has 0 spiro atoms. The molecule has 0 bridgehead atoms. The van der Waals surface area contributed by atoms with E-state index in [4.69, 9.17) is 10.2 Å². The number of allylic oxidation sites excluding steroid dienone is 1. The van der Waals surface area contributed by atoms with Crippen LogP contribution in [-0.2, 0) is 11.2 Å². The maximum Gasteiger partial charge on any atom is 0.328 e. The number of benzene rings is 1. The average Bonchev–Trinajstić information content (AvgIpc) is 2.07. The van der Waals surface area contributed by atoms with E-state index in [1.54, 1.807) is 31.2 Å². The quantitative estimate of drug-likeness (QED) is 0.720. The molecule has 3 heteroatoms. The van der Waals surface area contributed by atoms with Crippen LogP contribution in [0.25, 0.3) is 0 Å². The standard InChI is InChI=1S/C11H12O3/c1-8(7-11(13)14)6-9-2-4-10(12)5-3-9/h2-5,7,12H,6H2,1H3,(H,13,14). The van der Waals surface area contributed by atoms with E-state index in [-0.39, 0.29) is 5.75 Å². The molecular weight excluding hydrogens is 180 g/mol. The molecule has 1 aromatic carbocycles. The Labute approximate surface area is 82.3 Å². The van der Waals surface area contributed by atoms with Crippen molar-refractivity contribution in [3.63, 3.8) is 0 Å². The van der Waals surface area contributed by atoms with Crippen LogP contribution in [0.5, 0.6) is 5.75 Å². The fraction of sp³-hybridized carbons (Fsp3) is 0.182. The summed E-state index contributed by atoms with van der Waals surface area (Å²) >= 11 is 0. The number of hydrogen-bond acceptors (Lipinski definition) is 2. The number of phenols is 1.